The number of benzene rings is 1. The van der Waals surface area contributed by atoms with Crippen LogP contribution in [0.2, 0.25) is 5.02 Å². The Morgan fingerprint density at radius 3 is 2.69 bits per heavy atom. The van der Waals surface area contributed by atoms with E-state index >= 15 is 0 Å². The molecule has 0 bridgehead atoms. The zero-order chi connectivity index (χ0) is 11.7. The molecule has 0 saturated carbocycles. The van der Waals surface area contributed by atoms with Gasteiger partial charge in [0.25, 0.3) is 0 Å². The fourth-order valence-electron chi connectivity index (χ4n) is 1.14. The molecule has 0 aliphatic carbocycles. The highest BCUT2D eigenvalue weighted by molar-refractivity contribution is 6.30. The van der Waals surface area contributed by atoms with Crippen molar-refractivity contribution in [2.24, 2.45) is 0 Å². The Bertz CT molecular complexity index is 513. The number of rotatable bonds is 2. The first-order valence-electron chi connectivity index (χ1n) is 4.51. The van der Waals surface area contributed by atoms with Crippen molar-refractivity contribution >= 4 is 23.2 Å². The Labute approximate surface area is 101 Å². The SMILES string of the molecule is CC(Cl)c1nnc(-c2ccc(Cl)c(F)c2)o1. The minimum absolute atomic E-state index is 0.0502. The molecule has 6 heteroatoms. The van der Waals surface area contributed by atoms with Gasteiger partial charge < -0.3 is 4.42 Å². The summed E-state index contributed by atoms with van der Waals surface area (Å²) < 4.78 is 18.4. The van der Waals surface area contributed by atoms with E-state index in [4.69, 9.17) is 27.6 Å². The average Bonchev–Trinajstić information content (AvgIpc) is 2.71. The van der Waals surface area contributed by atoms with Crippen LogP contribution >= 0.6 is 23.2 Å². The van der Waals surface area contributed by atoms with Gasteiger partial charge in [0, 0.05) is 5.56 Å². The molecule has 0 amide bonds. The molecule has 0 saturated heterocycles. The fraction of sp³-hybridized carbons (Fsp3) is 0.200. The van der Waals surface area contributed by atoms with Crippen molar-refractivity contribution in [1.29, 1.82) is 0 Å². The third kappa shape index (κ3) is 2.18. The summed E-state index contributed by atoms with van der Waals surface area (Å²) in [5.41, 5.74) is 0.470. The first-order valence-corrected chi connectivity index (χ1v) is 5.32. The van der Waals surface area contributed by atoms with Crippen molar-refractivity contribution in [2.75, 3.05) is 0 Å². The van der Waals surface area contributed by atoms with Crippen molar-refractivity contribution in [3.8, 4) is 11.5 Å². The van der Waals surface area contributed by atoms with Crippen molar-refractivity contribution in [3.05, 3.63) is 34.9 Å². The van der Waals surface area contributed by atoms with E-state index in [0.717, 1.165) is 0 Å². The largest absolute Gasteiger partial charge is 0.419 e. The summed E-state index contributed by atoms with van der Waals surface area (Å²) in [5, 5.41) is 7.18. The number of aromatic nitrogens is 2. The third-order valence-corrected chi connectivity index (χ3v) is 2.44. The second-order valence-electron chi connectivity index (χ2n) is 3.19. The van der Waals surface area contributed by atoms with E-state index in [2.05, 4.69) is 10.2 Å². The fourth-order valence-corrected chi connectivity index (χ4v) is 1.35. The van der Waals surface area contributed by atoms with Gasteiger partial charge >= 0.3 is 0 Å². The first kappa shape index (κ1) is 11.4. The van der Waals surface area contributed by atoms with Gasteiger partial charge in [0.15, 0.2) is 0 Å². The van der Waals surface area contributed by atoms with Crippen LogP contribution in [-0.2, 0) is 0 Å². The molecule has 16 heavy (non-hydrogen) atoms. The molecule has 2 aromatic rings. The molecule has 1 aromatic carbocycles. The average molecular weight is 261 g/mol. The van der Waals surface area contributed by atoms with Crippen LogP contribution in [0.1, 0.15) is 18.2 Å². The molecule has 1 aromatic heterocycles. The van der Waals surface area contributed by atoms with Crippen LogP contribution in [0.3, 0.4) is 0 Å². The lowest BCUT2D eigenvalue weighted by atomic mass is 10.2. The van der Waals surface area contributed by atoms with Crippen LogP contribution in [0.15, 0.2) is 22.6 Å². The standard InChI is InChI=1S/C10H7Cl2FN2O/c1-5(11)9-14-15-10(16-9)6-2-3-7(12)8(13)4-6/h2-5H,1H3. The lowest BCUT2D eigenvalue weighted by Gasteiger charge is -1.97. The minimum atomic E-state index is -0.530. The van der Waals surface area contributed by atoms with Crippen molar-refractivity contribution < 1.29 is 8.81 Å². The molecule has 0 aliphatic heterocycles. The van der Waals surface area contributed by atoms with Crippen molar-refractivity contribution in [3.63, 3.8) is 0 Å². The van der Waals surface area contributed by atoms with Crippen LogP contribution < -0.4 is 0 Å². The van der Waals surface area contributed by atoms with E-state index in [1.807, 2.05) is 0 Å². The van der Waals surface area contributed by atoms with Gasteiger partial charge in [-0.1, -0.05) is 11.6 Å². The van der Waals surface area contributed by atoms with Crippen molar-refractivity contribution in [2.45, 2.75) is 12.3 Å². The van der Waals surface area contributed by atoms with Crippen LogP contribution in [0.5, 0.6) is 0 Å². The van der Waals surface area contributed by atoms with Gasteiger partial charge in [-0.15, -0.1) is 21.8 Å². The third-order valence-electron chi connectivity index (χ3n) is 1.95. The molecule has 0 radical (unpaired) electrons. The smallest absolute Gasteiger partial charge is 0.247 e. The highest BCUT2D eigenvalue weighted by atomic mass is 35.5. The van der Waals surface area contributed by atoms with Crippen LogP contribution in [0.25, 0.3) is 11.5 Å². The van der Waals surface area contributed by atoms with Gasteiger partial charge in [0.1, 0.15) is 11.2 Å². The highest BCUT2D eigenvalue weighted by Crippen LogP contribution is 2.26. The van der Waals surface area contributed by atoms with Crippen LogP contribution in [0, 0.1) is 5.82 Å². The van der Waals surface area contributed by atoms with E-state index in [1.54, 1.807) is 13.0 Å². The number of hydrogen-bond donors (Lipinski definition) is 0. The Hall–Kier alpha value is -1.13. The number of hydrogen-bond acceptors (Lipinski definition) is 3. The summed E-state index contributed by atoms with van der Waals surface area (Å²) in [6.07, 6.45) is 0. The van der Waals surface area contributed by atoms with Crippen molar-refractivity contribution in [1.82, 2.24) is 10.2 Å². The second-order valence-corrected chi connectivity index (χ2v) is 4.25. The molecular weight excluding hydrogens is 254 g/mol. The molecule has 2 rings (SSSR count). The molecule has 84 valence electrons. The Balaban J connectivity index is 2.39. The van der Waals surface area contributed by atoms with E-state index in [0.29, 0.717) is 11.5 Å². The molecule has 0 spiro atoms. The quantitative estimate of drug-likeness (QED) is 0.771. The lowest BCUT2D eigenvalue weighted by molar-refractivity contribution is 0.506. The summed E-state index contributed by atoms with van der Waals surface area (Å²) in [4.78, 5) is 0. The summed E-state index contributed by atoms with van der Waals surface area (Å²) >= 11 is 11.3. The minimum Gasteiger partial charge on any atom is -0.419 e. The molecule has 3 nitrogen and oxygen atoms in total. The first-order chi connectivity index (χ1) is 7.58. The Morgan fingerprint density at radius 1 is 1.38 bits per heavy atom. The second kappa shape index (κ2) is 4.39. The van der Waals surface area contributed by atoms with Crippen LogP contribution in [0.4, 0.5) is 4.39 Å². The van der Waals surface area contributed by atoms with E-state index in [-0.39, 0.29) is 16.3 Å². The maximum Gasteiger partial charge on any atom is 0.247 e. The molecule has 1 heterocycles. The normalized spacial score (nSPS) is 12.8. The van der Waals surface area contributed by atoms with E-state index in [1.165, 1.54) is 12.1 Å². The molecular formula is C10H7Cl2FN2O. The number of halogens is 3. The number of alkyl halides is 1. The van der Waals surface area contributed by atoms with Crippen LogP contribution in [-0.4, -0.2) is 10.2 Å². The predicted molar refractivity (Wildman–Crippen MR) is 59.0 cm³/mol. The van der Waals surface area contributed by atoms with E-state index in [9.17, 15) is 4.39 Å². The monoisotopic (exact) mass is 260 g/mol. The molecule has 0 aliphatic rings. The number of nitrogens with zero attached hydrogens (tertiary/aromatic N) is 2. The van der Waals surface area contributed by atoms with E-state index < -0.39 is 5.82 Å². The summed E-state index contributed by atoms with van der Waals surface area (Å²) in [6.45, 7) is 1.71. The van der Waals surface area contributed by atoms with Gasteiger partial charge in [-0.3, -0.25) is 0 Å². The summed E-state index contributed by atoms with van der Waals surface area (Å²) in [6, 6.07) is 4.26. The molecule has 0 N–H and O–H groups in total. The van der Waals surface area contributed by atoms with Gasteiger partial charge in [0.2, 0.25) is 11.8 Å². The zero-order valence-electron chi connectivity index (χ0n) is 8.25. The van der Waals surface area contributed by atoms with Gasteiger partial charge in [-0.2, -0.15) is 0 Å². The highest BCUT2D eigenvalue weighted by Gasteiger charge is 2.13. The lowest BCUT2D eigenvalue weighted by Crippen LogP contribution is -1.82. The van der Waals surface area contributed by atoms with Gasteiger partial charge in [-0.25, -0.2) is 4.39 Å². The summed E-state index contributed by atoms with van der Waals surface area (Å²) in [7, 11) is 0. The zero-order valence-corrected chi connectivity index (χ0v) is 9.76. The Kier molecular flexibility index (Phi) is 3.12. The summed E-state index contributed by atoms with van der Waals surface area (Å²) in [5.74, 6) is -0.0112. The maximum absolute atomic E-state index is 13.2. The predicted octanol–water partition coefficient (Wildman–Crippen LogP) is 3.83. The molecule has 1 unspecified atom stereocenters. The molecule has 0 fully saturated rings. The Morgan fingerprint density at radius 2 is 2.12 bits per heavy atom. The topological polar surface area (TPSA) is 38.9 Å². The van der Waals surface area contributed by atoms with Gasteiger partial charge in [-0.05, 0) is 25.1 Å². The van der Waals surface area contributed by atoms with Gasteiger partial charge in [0.05, 0.1) is 5.02 Å². The maximum atomic E-state index is 13.2. The molecule has 1 atom stereocenters.